The second kappa shape index (κ2) is 7.17. The van der Waals surface area contributed by atoms with Crippen LogP contribution >= 0.6 is 0 Å². The van der Waals surface area contributed by atoms with E-state index in [1.165, 1.54) is 12.1 Å². The number of aromatic carboxylic acids is 1. The number of hydrogen-bond donors (Lipinski definition) is 2. The lowest BCUT2D eigenvalue weighted by atomic mass is 10.1. The van der Waals surface area contributed by atoms with E-state index in [2.05, 4.69) is 10.5 Å². The Hall–Kier alpha value is -3.15. The fraction of sp³-hybridized carbons (Fsp3) is 0.211. The van der Waals surface area contributed by atoms with Crippen LogP contribution in [0, 0.1) is 0 Å². The van der Waals surface area contributed by atoms with Gasteiger partial charge in [-0.2, -0.15) is 5.10 Å². The Bertz CT molecular complexity index is 845. The zero-order valence-corrected chi connectivity index (χ0v) is 13.9. The Kier molecular flexibility index (Phi) is 4.79. The predicted octanol–water partition coefficient (Wildman–Crippen LogP) is 3.35. The normalized spacial score (nSPS) is 14.7. The van der Waals surface area contributed by atoms with Gasteiger partial charge >= 0.3 is 5.97 Å². The van der Waals surface area contributed by atoms with E-state index in [0.717, 1.165) is 29.9 Å². The Morgan fingerprint density at radius 2 is 1.92 bits per heavy atom. The first kappa shape index (κ1) is 16.7. The van der Waals surface area contributed by atoms with Crippen LogP contribution in [-0.2, 0) is 4.79 Å². The first-order valence-electron chi connectivity index (χ1n) is 8.09. The van der Waals surface area contributed by atoms with Crippen molar-refractivity contribution in [3.05, 3.63) is 59.7 Å². The molecule has 1 aliphatic rings. The van der Waals surface area contributed by atoms with Crippen LogP contribution in [0.3, 0.4) is 0 Å². The molecular formula is C19H19N3O3. The van der Waals surface area contributed by atoms with Crippen molar-refractivity contribution in [1.82, 2.24) is 0 Å². The second-order valence-corrected chi connectivity index (χ2v) is 5.89. The van der Waals surface area contributed by atoms with Crippen LogP contribution in [0.25, 0.3) is 0 Å². The summed E-state index contributed by atoms with van der Waals surface area (Å²) < 4.78 is 0. The number of carboxylic acid groups (broad SMARTS) is 1. The van der Waals surface area contributed by atoms with Gasteiger partial charge in [-0.3, -0.25) is 10.2 Å². The lowest BCUT2D eigenvalue weighted by Crippen LogP contribution is -2.23. The van der Waals surface area contributed by atoms with Crippen LogP contribution in [-0.4, -0.2) is 29.2 Å². The van der Waals surface area contributed by atoms with Crippen LogP contribution in [0.5, 0.6) is 0 Å². The highest BCUT2D eigenvalue weighted by atomic mass is 16.4. The van der Waals surface area contributed by atoms with E-state index in [1.807, 2.05) is 31.2 Å². The molecule has 2 N–H and O–H groups in total. The Morgan fingerprint density at radius 3 is 2.64 bits per heavy atom. The molecule has 1 fully saturated rings. The minimum absolute atomic E-state index is 0.148. The molecule has 1 aliphatic heterocycles. The van der Waals surface area contributed by atoms with E-state index in [-0.39, 0.29) is 11.5 Å². The lowest BCUT2D eigenvalue weighted by molar-refractivity contribution is -0.117. The molecule has 6 nitrogen and oxygen atoms in total. The summed E-state index contributed by atoms with van der Waals surface area (Å²) in [5, 5.41) is 13.3. The average molecular weight is 337 g/mol. The van der Waals surface area contributed by atoms with Crippen LogP contribution < -0.4 is 10.3 Å². The van der Waals surface area contributed by atoms with Gasteiger partial charge in [-0.25, -0.2) is 4.79 Å². The largest absolute Gasteiger partial charge is 0.478 e. The maximum atomic E-state index is 11.9. The molecule has 6 heteroatoms. The van der Waals surface area contributed by atoms with Gasteiger partial charge in [0, 0.05) is 18.7 Å². The van der Waals surface area contributed by atoms with Crippen molar-refractivity contribution in [2.45, 2.75) is 19.8 Å². The van der Waals surface area contributed by atoms with Crippen molar-refractivity contribution >= 4 is 29.0 Å². The van der Waals surface area contributed by atoms with Crippen molar-refractivity contribution in [3.8, 4) is 0 Å². The number of amides is 1. The summed E-state index contributed by atoms with van der Waals surface area (Å²) in [6.45, 7) is 2.61. The molecule has 2 aromatic rings. The summed E-state index contributed by atoms with van der Waals surface area (Å²) in [4.78, 5) is 24.7. The summed E-state index contributed by atoms with van der Waals surface area (Å²) in [6.07, 6.45) is 1.48. The number of carbonyl (C=O) groups is 2. The van der Waals surface area contributed by atoms with Gasteiger partial charge in [0.25, 0.3) is 0 Å². The summed E-state index contributed by atoms with van der Waals surface area (Å²) in [6, 6.07) is 14.2. The molecule has 128 valence electrons. The number of nitrogens with zero attached hydrogens (tertiary/aromatic N) is 2. The van der Waals surface area contributed by atoms with Gasteiger partial charge in [0.2, 0.25) is 5.91 Å². The maximum absolute atomic E-state index is 11.9. The highest BCUT2D eigenvalue weighted by Crippen LogP contribution is 2.22. The van der Waals surface area contributed by atoms with E-state index in [1.54, 1.807) is 17.0 Å². The van der Waals surface area contributed by atoms with Gasteiger partial charge in [-0.15, -0.1) is 0 Å². The van der Waals surface area contributed by atoms with Gasteiger partial charge in [-0.1, -0.05) is 18.2 Å². The van der Waals surface area contributed by atoms with E-state index in [9.17, 15) is 9.59 Å². The van der Waals surface area contributed by atoms with E-state index in [0.29, 0.717) is 12.1 Å². The van der Waals surface area contributed by atoms with Gasteiger partial charge in [-0.05, 0) is 49.2 Å². The van der Waals surface area contributed by atoms with E-state index >= 15 is 0 Å². The summed E-state index contributed by atoms with van der Waals surface area (Å²) in [5.74, 6) is -0.831. The van der Waals surface area contributed by atoms with Crippen molar-refractivity contribution in [2.75, 3.05) is 16.9 Å². The minimum atomic E-state index is -0.979. The fourth-order valence-electron chi connectivity index (χ4n) is 2.75. The lowest BCUT2D eigenvalue weighted by Gasteiger charge is -2.16. The molecule has 25 heavy (non-hydrogen) atoms. The van der Waals surface area contributed by atoms with Gasteiger partial charge in [0.15, 0.2) is 0 Å². The standard InChI is InChI=1S/C19H19N3O3/c1-13(20-21-16-7-2-6-15(11-16)19(24)25)14-5-3-8-17(12-14)22-10-4-9-18(22)23/h2-3,5-8,11-12,21H,4,9-10H2,1H3,(H,24,25)/b20-13+. The van der Waals surface area contributed by atoms with Crippen molar-refractivity contribution in [1.29, 1.82) is 0 Å². The Labute approximate surface area is 145 Å². The highest BCUT2D eigenvalue weighted by Gasteiger charge is 2.21. The number of carbonyl (C=O) groups excluding carboxylic acids is 1. The Morgan fingerprint density at radius 1 is 1.16 bits per heavy atom. The number of carboxylic acids is 1. The molecule has 1 amide bonds. The summed E-state index contributed by atoms with van der Waals surface area (Å²) in [5.41, 5.74) is 6.21. The third kappa shape index (κ3) is 3.85. The van der Waals surface area contributed by atoms with E-state index < -0.39 is 5.97 Å². The monoisotopic (exact) mass is 337 g/mol. The molecule has 0 bridgehead atoms. The predicted molar refractivity (Wildman–Crippen MR) is 97.3 cm³/mol. The van der Waals surface area contributed by atoms with Gasteiger partial charge in [0.05, 0.1) is 17.0 Å². The molecule has 0 aliphatic carbocycles. The molecule has 0 spiro atoms. The molecule has 0 aromatic heterocycles. The third-order valence-electron chi connectivity index (χ3n) is 4.11. The smallest absolute Gasteiger partial charge is 0.335 e. The fourth-order valence-corrected chi connectivity index (χ4v) is 2.75. The summed E-state index contributed by atoms with van der Waals surface area (Å²) >= 11 is 0. The van der Waals surface area contributed by atoms with Gasteiger partial charge in [0.1, 0.15) is 0 Å². The van der Waals surface area contributed by atoms with Crippen LogP contribution in [0.1, 0.15) is 35.7 Å². The van der Waals surface area contributed by atoms with Crippen LogP contribution in [0.4, 0.5) is 11.4 Å². The number of anilines is 2. The number of rotatable bonds is 5. The zero-order valence-electron chi connectivity index (χ0n) is 13.9. The number of hydrazone groups is 1. The van der Waals surface area contributed by atoms with Crippen LogP contribution in [0.15, 0.2) is 53.6 Å². The topological polar surface area (TPSA) is 82.0 Å². The molecule has 3 rings (SSSR count). The molecular weight excluding hydrogens is 318 g/mol. The van der Waals surface area contributed by atoms with Gasteiger partial charge < -0.3 is 10.0 Å². The minimum Gasteiger partial charge on any atom is -0.478 e. The first-order valence-corrected chi connectivity index (χ1v) is 8.09. The van der Waals surface area contributed by atoms with E-state index in [4.69, 9.17) is 5.11 Å². The third-order valence-corrected chi connectivity index (χ3v) is 4.11. The highest BCUT2D eigenvalue weighted by molar-refractivity contribution is 6.01. The van der Waals surface area contributed by atoms with Crippen LogP contribution in [0.2, 0.25) is 0 Å². The molecule has 1 heterocycles. The maximum Gasteiger partial charge on any atom is 0.335 e. The SMILES string of the molecule is C/C(=N\Nc1cccc(C(=O)O)c1)c1cccc(N2CCCC2=O)c1. The number of hydrogen-bond acceptors (Lipinski definition) is 4. The molecule has 2 aromatic carbocycles. The van der Waals surface area contributed by atoms with Crippen molar-refractivity contribution < 1.29 is 14.7 Å². The molecule has 0 unspecified atom stereocenters. The Balaban J connectivity index is 1.77. The number of nitrogens with one attached hydrogen (secondary N) is 1. The summed E-state index contributed by atoms with van der Waals surface area (Å²) in [7, 11) is 0. The second-order valence-electron chi connectivity index (χ2n) is 5.89. The molecule has 1 saturated heterocycles. The van der Waals surface area contributed by atoms with Crippen molar-refractivity contribution in [2.24, 2.45) is 5.10 Å². The molecule has 0 radical (unpaired) electrons. The first-order chi connectivity index (χ1) is 12.0. The quantitative estimate of drug-likeness (QED) is 0.647. The molecule has 0 atom stereocenters. The number of benzene rings is 2. The average Bonchev–Trinajstić information content (AvgIpc) is 3.06. The molecule has 0 saturated carbocycles. The van der Waals surface area contributed by atoms with Crippen molar-refractivity contribution in [3.63, 3.8) is 0 Å². The zero-order chi connectivity index (χ0) is 17.8.